The van der Waals surface area contributed by atoms with Crippen molar-refractivity contribution in [2.45, 2.75) is 13.0 Å². The number of hydrogen-bond acceptors (Lipinski definition) is 3. The van der Waals surface area contributed by atoms with Crippen molar-refractivity contribution in [2.24, 2.45) is 0 Å². The van der Waals surface area contributed by atoms with Crippen LogP contribution in [0.2, 0.25) is 0 Å². The van der Waals surface area contributed by atoms with Crippen molar-refractivity contribution in [3.05, 3.63) is 0 Å². The lowest BCUT2D eigenvalue weighted by atomic mass is 10.3. The highest BCUT2D eigenvalue weighted by Crippen LogP contribution is 1.95. The van der Waals surface area contributed by atoms with Crippen LogP contribution in [0.5, 0.6) is 0 Å². The number of hydrogen-bond donors (Lipinski definition) is 0. The first-order chi connectivity index (χ1) is 4.63. The third kappa shape index (κ3) is 1.94. The van der Waals surface area contributed by atoms with Gasteiger partial charge in [0.15, 0.2) is 0 Å². The molecule has 0 saturated carbocycles. The second-order valence-electron chi connectivity index (χ2n) is 1.89. The number of carbonyl (C=O) groups excluding carboxylic acids is 1. The van der Waals surface area contributed by atoms with Gasteiger partial charge in [-0.15, -0.1) is 0 Å². The average Bonchev–Trinajstić information content (AvgIpc) is 2.00. The van der Waals surface area contributed by atoms with Crippen molar-refractivity contribution in [2.75, 3.05) is 14.2 Å². The summed E-state index contributed by atoms with van der Waals surface area (Å²) in [5.74, 6) is 0. The molecule has 1 atom stereocenters. The van der Waals surface area contributed by atoms with Crippen molar-refractivity contribution in [3.8, 4) is 6.07 Å². The van der Waals surface area contributed by atoms with Gasteiger partial charge in [0.05, 0.1) is 13.2 Å². The fourth-order valence-corrected chi connectivity index (χ4v) is 0.389. The fourth-order valence-electron chi connectivity index (χ4n) is 0.389. The lowest BCUT2D eigenvalue weighted by Crippen LogP contribution is -2.33. The van der Waals surface area contributed by atoms with E-state index in [1.54, 1.807) is 6.92 Å². The van der Waals surface area contributed by atoms with E-state index in [1.165, 1.54) is 19.1 Å². The van der Waals surface area contributed by atoms with Gasteiger partial charge in [0.1, 0.15) is 6.04 Å². The standard InChI is InChI=1S/C6H10N2O2/c1-5(4-7)8(2)6(9)10-3/h5H,1-3H3. The third-order valence-electron chi connectivity index (χ3n) is 1.23. The molecule has 0 bridgehead atoms. The Morgan fingerprint density at radius 2 is 2.30 bits per heavy atom. The topological polar surface area (TPSA) is 53.3 Å². The SMILES string of the molecule is COC(=O)N(C)C(C)C#N. The number of methoxy groups -OCH3 is 1. The highest BCUT2D eigenvalue weighted by Gasteiger charge is 2.13. The predicted molar refractivity (Wildman–Crippen MR) is 35.2 cm³/mol. The van der Waals surface area contributed by atoms with E-state index < -0.39 is 12.1 Å². The Morgan fingerprint density at radius 1 is 1.80 bits per heavy atom. The van der Waals surface area contributed by atoms with Crippen LogP contribution in [0.15, 0.2) is 0 Å². The van der Waals surface area contributed by atoms with Gasteiger partial charge in [-0.3, -0.25) is 4.90 Å². The minimum absolute atomic E-state index is 0.438. The Morgan fingerprint density at radius 3 is 2.60 bits per heavy atom. The van der Waals surface area contributed by atoms with Crippen LogP contribution >= 0.6 is 0 Å². The molecule has 0 heterocycles. The van der Waals surface area contributed by atoms with Crippen LogP contribution in [0.1, 0.15) is 6.92 Å². The average molecular weight is 142 g/mol. The summed E-state index contributed by atoms with van der Waals surface area (Å²) in [5, 5.41) is 8.35. The maximum absolute atomic E-state index is 10.7. The van der Waals surface area contributed by atoms with E-state index >= 15 is 0 Å². The van der Waals surface area contributed by atoms with Gasteiger partial charge < -0.3 is 4.74 Å². The largest absolute Gasteiger partial charge is 0.453 e. The Bertz CT molecular complexity index is 162. The van der Waals surface area contributed by atoms with E-state index in [0.717, 1.165) is 0 Å². The Kier molecular flexibility index (Phi) is 3.26. The molecule has 4 heteroatoms. The molecule has 0 rings (SSSR count). The summed E-state index contributed by atoms with van der Waals surface area (Å²) in [4.78, 5) is 11.9. The molecule has 0 fully saturated rings. The van der Waals surface area contributed by atoms with E-state index in [1.807, 2.05) is 6.07 Å². The van der Waals surface area contributed by atoms with Gasteiger partial charge in [0.2, 0.25) is 0 Å². The molecule has 0 spiro atoms. The third-order valence-corrected chi connectivity index (χ3v) is 1.23. The van der Waals surface area contributed by atoms with Crippen molar-refractivity contribution in [3.63, 3.8) is 0 Å². The first-order valence-electron chi connectivity index (χ1n) is 2.84. The first kappa shape index (κ1) is 8.76. The summed E-state index contributed by atoms with van der Waals surface area (Å²) < 4.78 is 4.37. The summed E-state index contributed by atoms with van der Waals surface area (Å²) in [6.45, 7) is 1.62. The molecule has 0 aromatic rings. The number of carbonyl (C=O) groups is 1. The lowest BCUT2D eigenvalue weighted by Gasteiger charge is -2.16. The zero-order valence-electron chi connectivity index (χ0n) is 6.29. The Labute approximate surface area is 60.0 Å². The molecular weight excluding hydrogens is 132 g/mol. The molecule has 1 unspecified atom stereocenters. The summed E-state index contributed by atoms with van der Waals surface area (Å²) >= 11 is 0. The van der Waals surface area contributed by atoms with E-state index in [4.69, 9.17) is 5.26 Å². The summed E-state index contributed by atoms with van der Waals surface area (Å²) in [7, 11) is 2.79. The minimum Gasteiger partial charge on any atom is -0.453 e. The molecule has 0 saturated heterocycles. The number of rotatable bonds is 1. The van der Waals surface area contributed by atoms with Crippen LogP contribution in [0, 0.1) is 11.3 Å². The van der Waals surface area contributed by atoms with Crippen LogP contribution in [0.3, 0.4) is 0 Å². The smallest absolute Gasteiger partial charge is 0.410 e. The summed E-state index contributed by atoms with van der Waals surface area (Å²) in [5.41, 5.74) is 0. The minimum atomic E-state index is -0.492. The molecule has 4 nitrogen and oxygen atoms in total. The number of nitriles is 1. The fraction of sp³-hybridized carbons (Fsp3) is 0.667. The van der Waals surface area contributed by atoms with Gasteiger partial charge in [-0.05, 0) is 6.92 Å². The molecule has 1 amide bonds. The predicted octanol–water partition coefficient (Wildman–Crippen LogP) is 0.597. The maximum Gasteiger partial charge on any atom is 0.410 e. The van der Waals surface area contributed by atoms with Crippen molar-refractivity contribution in [1.29, 1.82) is 5.26 Å². The molecule has 0 radical (unpaired) electrons. The van der Waals surface area contributed by atoms with Gasteiger partial charge in [-0.25, -0.2) is 4.79 Å². The van der Waals surface area contributed by atoms with Crippen LogP contribution in [0.25, 0.3) is 0 Å². The molecular formula is C6H10N2O2. The quantitative estimate of drug-likeness (QED) is 0.538. The van der Waals surface area contributed by atoms with Crippen LogP contribution < -0.4 is 0 Å². The summed E-state index contributed by atoms with van der Waals surface area (Å²) in [6, 6.07) is 1.47. The van der Waals surface area contributed by atoms with E-state index in [9.17, 15) is 4.79 Å². The highest BCUT2D eigenvalue weighted by molar-refractivity contribution is 5.67. The number of ether oxygens (including phenoxy) is 1. The van der Waals surface area contributed by atoms with Gasteiger partial charge in [-0.1, -0.05) is 0 Å². The van der Waals surface area contributed by atoms with Crippen LogP contribution in [-0.4, -0.2) is 31.2 Å². The zero-order chi connectivity index (χ0) is 8.15. The molecule has 0 aliphatic rings. The van der Waals surface area contributed by atoms with Gasteiger partial charge in [0, 0.05) is 7.05 Å². The second-order valence-corrected chi connectivity index (χ2v) is 1.89. The van der Waals surface area contributed by atoms with E-state index in [-0.39, 0.29) is 0 Å². The summed E-state index contributed by atoms with van der Waals surface area (Å²) in [6.07, 6.45) is -0.492. The number of nitrogens with zero attached hydrogens (tertiary/aromatic N) is 2. The van der Waals surface area contributed by atoms with E-state index in [2.05, 4.69) is 4.74 Å². The van der Waals surface area contributed by atoms with Crippen LogP contribution in [-0.2, 0) is 4.74 Å². The highest BCUT2D eigenvalue weighted by atomic mass is 16.5. The molecule has 10 heavy (non-hydrogen) atoms. The number of amides is 1. The zero-order valence-corrected chi connectivity index (χ0v) is 6.29. The van der Waals surface area contributed by atoms with Crippen LogP contribution in [0.4, 0.5) is 4.79 Å². The van der Waals surface area contributed by atoms with Crippen molar-refractivity contribution < 1.29 is 9.53 Å². The monoisotopic (exact) mass is 142 g/mol. The van der Waals surface area contributed by atoms with Crippen molar-refractivity contribution >= 4 is 6.09 Å². The molecule has 0 aromatic heterocycles. The van der Waals surface area contributed by atoms with Gasteiger partial charge >= 0.3 is 6.09 Å². The van der Waals surface area contributed by atoms with Crippen molar-refractivity contribution in [1.82, 2.24) is 4.90 Å². The van der Waals surface area contributed by atoms with E-state index in [0.29, 0.717) is 0 Å². The van der Waals surface area contributed by atoms with Gasteiger partial charge in [0.25, 0.3) is 0 Å². The molecule has 56 valence electrons. The molecule has 0 aromatic carbocycles. The Hall–Kier alpha value is -1.24. The molecule has 0 aliphatic heterocycles. The maximum atomic E-state index is 10.7. The first-order valence-corrected chi connectivity index (χ1v) is 2.84. The van der Waals surface area contributed by atoms with Gasteiger partial charge in [-0.2, -0.15) is 5.26 Å². The Balaban J connectivity index is 3.97. The molecule has 0 N–H and O–H groups in total. The molecule has 0 aliphatic carbocycles. The second kappa shape index (κ2) is 3.72. The lowest BCUT2D eigenvalue weighted by molar-refractivity contribution is 0.128. The normalized spacial score (nSPS) is 11.4.